The van der Waals surface area contributed by atoms with Gasteiger partial charge in [0.05, 0.1) is 5.41 Å². The molecule has 1 N–H and O–H groups in total. The highest BCUT2D eigenvalue weighted by molar-refractivity contribution is 6.35. The molecule has 33 heavy (non-hydrogen) atoms. The predicted molar refractivity (Wildman–Crippen MR) is 134 cm³/mol. The molecule has 0 bridgehead atoms. The second-order valence-electron chi connectivity index (χ2n) is 8.80. The molecule has 2 aromatic carbocycles. The Morgan fingerprint density at radius 2 is 1.55 bits per heavy atom. The van der Waals surface area contributed by atoms with Crippen LogP contribution in [0.3, 0.4) is 0 Å². The van der Waals surface area contributed by atoms with Crippen LogP contribution in [0.1, 0.15) is 24.0 Å². The van der Waals surface area contributed by atoms with Crippen molar-refractivity contribution in [2.45, 2.75) is 30.7 Å². The van der Waals surface area contributed by atoms with E-state index in [4.69, 9.17) is 46.4 Å². The topological polar surface area (TPSA) is 52.6 Å². The molecule has 0 aromatic heterocycles. The summed E-state index contributed by atoms with van der Waals surface area (Å²) in [6.45, 7) is 2.81. The molecule has 4 rings (SSSR count). The molecule has 1 aliphatic heterocycles. The highest BCUT2D eigenvalue weighted by atomic mass is 35.5. The minimum Gasteiger partial charge on any atom is -0.343 e. The second-order valence-corrected chi connectivity index (χ2v) is 10.5. The summed E-state index contributed by atoms with van der Waals surface area (Å²) in [5.41, 5.74) is 0.746. The molecule has 1 atom stereocenters. The Labute approximate surface area is 213 Å². The molecule has 2 aromatic rings. The third kappa shape index (κ3) is 5.44. The van der Waals surface area contributed by atoms with Crippen LogP contribution in [0.5, 0.6) is 0 Å². The van der Waals surface area contributed by atoms with Crippen molar-refractivity contribution in [1.29, 1.82) is 0 Å². The summed E-state index contributed by atoms with van der Waals surface area (Å²) in [5.74, 6) is -0.315. The molecule has 0 unspecified atom stereocenters. The van der Waals surface area contributed by atoms with Gasteiger partial charge in [0.15, 0.2) is 0 Å². The van der Waals surface area contributed by atoms with Crippen molar-refractivity contribution >= 4 is 58.2 Å². The Morgan fingerprint density at radius 1 is 0.939 bits per heavy atom. The van der Waals surface area contributed by atoms with E-state index in [9.17, 15) is 9.59 Å². The molecule has 9 heteroatoms. The molecule has 1 saturated heterocycles. The summed E-state index contributed by atoms with van der Waals surface area (Å²) >= 11 is 24.9. The van der Waals surface area contributed by atoms with Crippen molar-refractivity contribution in [3.8, 4) is 0 Å². The van der Waals surface area contributed by atoms with Gasteiger partial charge in [-0.2, -0.15) is 0 Å². The summed E-state index contributed by atoms with van der Waals surface area (Å²) in [6.07, 6.45) is 1.60. The normalized spacial score (nSPS) is 18.6. The fraction of sp³-hybridized carbons (Fsp3) is 0.417. The summed E-state index contributed by atoms with van der Waals surface area (Å²) in [4.78, 5) is 31.0. The van der Waals surface area contributed by atoms with E-state index in [0.717, 1.165) is 24.2 Å². The van der Waals surface area contributed by atoms with Gasteiger partial charge in [-0.25, -0.2) is 0 Å². The van der Waals surface area contributed by atoms with E-state index in [2.05, 4.69) is 10.2 Å². The Hall–Kier alpha value is -1.50. The van der Waals surface area contributed by atoms with Crippen LogP contribution in [0.4, 0.5) is 0 Å². The molecule has 176 valence electrons. The first-order valence-electron chi connectivity index (χ1n) is 10.9. The molecule has 1 saturated carbocycles. The minimum absolute atomic E-state index is 0.111. The number of likely N-dealkylation sites (N-methyl/N-ethyl adjacent to an activating group) is 1. The van der Waals surface area contributed by atoms with E-state index < -0.39 is 11.5 Å². The molecular weight excluding hydrogens is 504 g/mol. The van der Waals surface area contributed by atoms with Gasteiger partial charge in [0.25, 0.3) is 0 Å². The second kappa shape index (κ2) is 10.0. The van der Waals surface area contributed by atoms with Gasteiger partial charge in [0.2, 0.25) is 11.8 Å². The molecular formula is C24H25Cl4N3O2. The number of piperazine rings is 1. The van der Waals surface area contributed by atoms with Gasteiger partial charge in [-0.15, -0.1) is 0 Å². The first kappa shape index (κ1) is 24.6. The molecule has 2 fully saturated rings. The van der Waals surface area contributed by atoms with Crippen LogP contribution < -0.4 is 5.32 Å². The first-order chi connectivity index (χ1) is 15.7. The molecule has 0 radical (unpaired) electrons. The maximum atomic E-state index is 13.5. The SMILES string of the molecule is CN1CCN(C(=O)[C@H](Cc2ccc(Cl)cc2Cl)NC(=O)C2(c3ccc(Cl)cc3Cl)CC2)CC1. The number of hydrogen-bond donors (Lipinski definition) is 1. The predicted octanol–water partition coefficient (Wildman–Crippen LogP) is 4.83. The third-order valence-electron chi connectivity index (χ3n) is 6.49. The molecule has 0 spiro atoms. The number of nitrogens with one attached hydrogen (secondary N) is 1. The van der Waals surface area contributed by atoms with Crippen LogP contribution in [-0.2, 0) is 21.4 Å². The van der Waals surface area contributed by atoms with Crippen LogP contribution in [0.25, 0.3) is 0 Å². The highest BCUT2D eigenvalue weighted by Gasteiger charge is 2.53. The van der Waals surface area contributed by atoms with E-state index in [1.165, 1.54) is 0 Å². The number of carbonyl (C=O) groups is 2. The maximum absolute atomic E-state index is 13.5. The number of rotatable bonds is 6. The van der Waals surface area contributed by atoms with Crippen molar-refractivity contribution in [2.75, 3.05) is 33.2 Å². The van der Waals surface area contributed by atoms with E-state index in [0.29, 0.717) is 46.0 Å². The minimum atomic E-state index is -0.747. The zero-order valence-electron chi connectivity index (χ0n) is 18.2. The smallest absolute Gasteiger partial charge is 0.245 e. The lowest BCUT2D eigenvalue weighted by Gasteiger charge is -2.35. The van der Waals surface area contributed by atoms with E-state index in [1.807, 2.05) is 11.9 Å². The van der Waals surface area contributed by atoms with Crippen LogP contribution in [0.15, 0.2) is 36.4 Å². The highest BCUT2D eigenvalue weighted by Crippen LogP contribution is 2.51. The summed E-state index contributed by atoms with van der Waals surface area (Å²) < 4.78 is 0. The fourth-order valence-corrected chi connectivity index (χ4v) is 5.35. The quantitative estimate of drug-likeness (QED) is 0.584. The van der Waals surface area contributed by atoms with E-state index >= 15 is 0 Å². The van der Waals surface area contributed by atoms with Gasteiger partial charge in [0.1, 0.15) is 6.04 Å². The molecule has 1 aliphatic carbocycles. The number of nitrogens with zero attached hydrogens (tertiary/aromatic N) is 2. The Bertz CT molecular complexity index is 1070. The standard InChI is InChI=1S/C24H25Cl4N3O2/c1-30-8-10-31(11-9-30)22(32)21(12-15-2-3-16(25)13-19(15)27)29-23(33)24(6-7-24)18-5-4-17(26)14-20(18)28/h2-5,13-14,21H,6-12H2,1H3,(H,29,33)/t21-/m0/s1. The largest absolute Gasteiger partial charge is 0.343 e. The van der Waals surface area contributed by atoms with Crippen molar-refractivity contribution in [2.24, 2.45) is 0 Å². The van der Waals surface area contributed by atoms with Crippen molar-refractivity contribution in [3.05, 3.63) is 67.6 Å². The van der Waals surface area contributed by atoms with Gasteiger partial charge in [-0.1, -0.05) is 58.5 Å². The summed E-state index contributed by atoms with van der Waals surface area (Å²) in [5, 5.41) is 4.99. The van der Waals surface area contributed by atoms with Gasteiger partial charge in [0, 0.05) is 52.7 Å². The Balaban J connectivity index is 1.58. The van der Waals surface area contributed by atoms with Gasteiger partial charge >= 0.3 is 0 Å². The van der Waals surface area contributed by atoms with Crippen LogP contribution in [-0.4, -0.2) is 60.9 Å². The first-order valence-corrected chi connectivity index (χ1v) is 12.4. The molecule has 2 amide bonds. The van der Waals surface area contributed by atoms with Crippen LogP contribution in [0, 0.1) is 0 Å². The summed E-state index contributed by atoms with van der Waals surface area (Å²) in [7, 11) is 2.03. The van der Waals surface area contributed by atoms with Crippen molar-refractivity contribution in [3.63, 3.8) is 0 Å². The maximum Gasteiger partial charge on any atom is 0.245 e. The van der Waals surface area contributed by atoms with Gasteiger partial charge in [-0.05, 0) is 55.3 Å². The Kier molecular flexibility index (Phi) is 7.47. The molecule has 1 heterocycles. The lowest BCUT2D eigenvalue weighted by atomic mass is 9.93. The van der Waals surface area contributed by atoms with E-state index in [1.54, 1.807) is 36.4 Å². The monoisotopic (exact) mass is 527 g/mol. The molecule has 5 nitrogen and oxygen atoms in total. The zero-order valence-corrected chi connectivity index (χ0v) is 21.2. The zero-order chi connectivity index (χ0) is 23.8. The fourth-order valence-electron chi connectivity index (χ4n) is 4.27. The number of amides is 2. The van der Waals surface area contributed by atoms with E-state index in [-0.39, 0.29) is 18.2 Å². The Morgan fingerprint density at radius 3 is 2.12 bits per heavy atom. The number of halogens is 4. The third-order valence-corrected chi connectivity index (χ3v) is 7.62. The van der Waals surface area contributed by atoms with Crippen LogP contribution in [0.2, 0.25) is 20.1 Å². The molecule has 2 aliphatic rings. The number of benzene rings is 2. The number of carbonyl (C=O) groups excluding carboxylic acids is 2. The summed E-state index contributed by atoms with van der Waals surface area (Å²) in [6, 6.07) is 9.60. The average molecular weight is 529 g/mol. The average Bonchev–Trinajstić information content (AvgIpc) is 3.57. The number of hydrogen-bond acceptors (Lipinski definition) is 3. The van der Waals surface area contributed by atoms with Gasteiger partial charge in [-0.3, -0.25) is 9.59 Å². The lowest BCUT2D eigenvalue weighted by molar-refractivity contribution is -0.138. The van der Waals surface area contributed by atoms with Gasteiger partial charge < -0.3 is 15.1 Å². The lowest BCUT2D eigenvalue weighted by Crippen LogP contribution is -2.56. The van der Waals surface area contributed by atoms with Crippen molar-refractivity contribution < 1.29 is 9.59 Å². The van der Waals surface area contributed by atoms with Crippen LogP contribution >= 0.6 is 46.4 Å². The van der Waals surface area contributed by atoms with Crippen molar-refractivity contribution in [1.82, 2.24) is 15.1 Å².